The number of benzene rings is 4. The van der Waals surface area contributed by atoms with Gasteiger partial charge in [0.25, 0.3) is 0 Å². The molecule has 0 nitrogen and oxygen atoms in total. The van der Waals surface area contributed by atoms with Crippen molar-refractivity contribution in [1.82, 2.24) is 0 Å². The minimum atomic E-state index is -1.85. The van der Waals surface area contributed by atoms with Crippen molar-refractivity contribution in [2.45, 2.75) is 12.8 Å². The quantitative estimate of drug-likeness (QED) is 0.171. The molecule has 0 radical (unpaired) electrons. The van der Waals surface area contributed by atoms with Crippen molar-refractivity contribution in [3.05, 3.63) is 134 Å². The van der Waals surface area contributed by atoms with Gasteiger partial charge in [0.2, 0.25) is 0 Å². The molecule has 6 rings (SSSR count). The van der Waals surface area contributed by atoms with Crippen LogP contribution >= 0.6 is 17.0 Å². The summed E-state index contributed by atoms with van der Waals surface area (Å²) in [5.41, 5.74) is 11.0. The van der Waals surface area contributed by atoms with Crippen LogP contribution in [0.5, 0.6) is 0 Å². The Labute approximate surface area is 208 Å². The Bertz CT molecular complexity index is 1020. The van der Waals surface area contributed by atoms with E-state index in [1.54, 1.807) is 0 Å². The van der Waals surface area contributed by atoms with Gasteiger partial charge >= 0.3 is 40.1 Å². The van der Waals surface area contributed by atoms with Crippen molar-refractivity contribution < 1.29 is 18.9 Å². The second-order valence-corrected chi connectivity index (χ2v) is 15.3. The predicted octanol–water partition coefficient (Wildman–Crippen LogP) is 8.36. The van der Waals surface area contributed by atoms with Crippen molar-refractivity contribution in [2.24, 2.45) is 0 Å². The van der Waals surface area contributed by atoms with Crippen LogP contribution in [-0.4, -0.2) is 4.21 Å². The first-order valence-corrected chi connectivity index (χ1v) is 17.9. The third kappa shape index (κ3) is 6.17. The zero-order valence-corrected chi connectivity index (χ0v) is 22.4. The van der Waals surface area contributed by atoms with Crippen LogP contribution in [0.25, 0.3) is 22.3 Å². The fourth-order valence-corrected chi connectivity index (χ4v) is 4.00. The first-order chi connectivity index (χ1) is 14.6. The van der Waals surface area contributed by atoms with Crippen LogP contribution in [0.15, 0.2) is 84.9 Å². The smallest absolute Gasteiger partial charge is 0.0253 e. The molecular formula is C29H26Cl2Zr-4. The van der Waals surface area contributed by atoms with Crippen LogP contribution in [0.2, 0.25) is 0 Å². The van der Waals surface area contributed by atoms with Crippen molar-refractivity contribution >= 4 is 21.2 Å². The van der Waals surface area contributed by atoms with Crippen LogP contribution in [0.4, 0.5) is 0 Å². The fourth-order valence-electron chi connectivity index (χ4n) is 4.00. The SMILES string of the molecule is [CH2]=[Zr]([Cl])[Cl].[CH3-].[CH3-].[c-]1cccc2c1Cc1ccccc1-2.[c-]1cccc2c1Cc1ccccc1-2. The largest absolute Gasteiger partial charge is 0.358 e. The fraction of sp³-hybridized carbons (Fsp3) is 0.0690. The third-order valence-corrected chi connectivity index (χ3v) is 5.23. The summed E-state index contributed by atoms with van der Waals surface area (Å²) in [6.07, 6.45) is 2.10. The zero-order valence-electron chi connectivity index (χ0n) is 18.5. The molecule has 164 valence electrons. The summed E-state index contributed by atoms with van der Waals surface area (Å²) in [6.45, 7) is 0. The van der Waals surface area contributed by atoms with Gasteiger partial charge in [-0.2, -0.15) is 59.7 Å². The molecule has 0 atom stereocenters. The van der Waals surface area contributed by atoms with E-state index in [1.807, 2.05) is 12.1 Å². The van der Waals surface area contributed by atoms with Crippen LogP contribution < -0.4 is 0 Å². The summed E-state index contributed by atoms with van der Waals surface area (Å²) >= 11 is -1.85. The molecule has 0 bridgehead atoms. The van der Waals surface area contributed by atoms with Gasteiger partial charge in [0.1, 0.15) is 0 Å². The summed E-state index contributed by atoms with van der Waals surface area (Å²) in [4.78, 5) is 0. The Hall–Kier alpha value is -1.79. The van der Waals surface area contributed by atoms with E-state index >= 15 is 0 Å². The molecule has 0 fully saturated rings. The van der Waals surface area contributed by atoms with E-state index in [0.717, 1.165) is 12.8 Å². The second-order valence-electron chi connectivity index (χ2n) is 7.13. The van der Waals surface area contributed by atoms with Crippen LogP contribution in [0.3, 0.4) is 0 Å². The molecule has 4 aromatic carbocycles. The Morgan fingerprint density at radius 3 is 1.34 bits per heavy atom. The summed E-state index contributed by atoms with van der Waals surface area (Å²) in [7, 11) is 10.3. The summed E-state index contributed by atoms with van der Waals surface area (Å²) in [5.74, 6) is 0. The molecular weight excluding hydrogens is 510 g/mol. The molecule has 3 heteroatoms. The molecule has 0 aliphatic heterocycles. The Balaban J connectivity index is 0.000000185. The van der Waals surface area contributed by atoms with Crippen LogP contribution in [0, 0.1) is 27.0 Å². The Morgan fingerprint density at radius 2 is 0.938 bits per heavy atom. The molecule has 4 aromatic rings. The molecule has 2 aliphatic carbocycles. The van der Waals surface area contributed by atoms with Crippen molar-refractivity contribution in [3.8, 4) is 22.3 Å². The molecule has 0 spiro atoms. The molecule has 0 saturated heterocycles. The van der Waals surface area contributed by atoms with E-state index in [9.17, 15) is 0 Å². The monoisotopic (exact) mass is 534 g/mol. The van der Waals surface area contributed by atoms with Gasteiger partial charge in [-0.15, -0.1) is 11.1 Å². The van der Waals surface area contributed by atoms with Gasteiger partial charge in [0.15, 0.2) is 0 Å². The number of hydrogen-bond acceptors (Lipinski definition) is 0. The van der Waals surface area contributed by atoms with Gasteiger partial charge in [-0.25, -0.2) is 0 Å². The van der Waals surface area contributed by atoms with Crippen molar-refractivity contribution in [2.75, 3.05) is 0 Å². The van der Waals surface area contributed by atoms with E-state index in [1.165, 1.54) is 44.5 Å². The molecule has 0 N–H and O–H groups in total. The Kier molecular flexibility index (Phi) is 10.3. The van der Waals surface area contributed by atoms with E-state index in [0.29, 0.717) is 0 Å². The number of halogens is 2. The van der Waals surface area contributed by atoms with Crippen molar-refractivity contribution in [1.29, 1.82) is 0 Å². The first-order valence-electron chi connectivity index (χ1n) is 9.79. The molecule has 0 heterocycles. The number of rotatable bonds is 0. The van der Waals surface area contributed by atoms with E-state index < -0.39 is 18.9 Å². The number of fused-ring (bicyclic) bond motifs is 6. The molecule has 2 aliphatic rings. The predicted molar refractivity (Wildman–Crippen MR) is 139 cm³/mol. The van der Waals surface area contributed by atoms with Crippen LogP contribution in [-0.2, 0) is 31.7 Å². The van der Waals surface area contributed by atoms with Gasteiger partial charge in [0, 0.05) is 0 Å². The zero-order chi connectivity index (χ0) is 20.9. The summed E-state index contributed by atoms with van der Waals surface area (Å²) < 4.78 is 3.37. The topological polar surface area (TPSA) is 0 Å². The van der Waals surface area contributed by atoms with E-state index in [4.69, 9.17) is 17.0 Å². The third-order valence-electron chi connectivity index (χ3n) is 5.23. The van der Waals surface area contributed by atoms with Gasteiger partial charge < -0.3 is 14.9 Å². The van der Waals surface area contributed by atoms with Crippen LogP contribution in [0.1, 0.15) is 22.3 Å². The van der Waals surface area contributed by atoms with Gasteiger partial charge in [0.05, 0.1) is 0 Å². The summed E-state index contributed by atoms with van der Waals surface area (Å²) in [5, 5.41) is 0. The standard InChI is InChI=1S/2C13H9.2CH3.CH2.2ClH.Zr/c2*1-3-7-12-10(5-1)9-11-6-2-4-8-13(11)12;;;;;;/h2*1-5,7-8H,9H2;2*1H3;1H2;2*1H;/q4*-1;;;;+2/p-2. The second kappa shape index (κ2) is 12.5. The molecule has 0 amide bonds. The summed E-state index contributed by atoms with van der Waals surface area (Å²) in [6, 6.07) is 36.2. The van der Waals surface area contributed by atoms with Gasteiger partial charge in [-0.05, 0) is 12.8 Å². The van der Waals surface area contributed by atoms with Gasteiger partial charge in [-0.3, -0.25) is 0 Å². The first kappa shape index (κ1) is 26.5. The maximum absolute atomic E-state index is 5.13. The normalized spacial score (nSPS) is 10.8. The van der Waals surface area contributed by atoms with E-state index in [2.05, 4.69) is 89.1 Å². The van der Waals surface area contributed by atoms with Gasteiger partial charge in [-0.1, -0.05) is 70.8 Å². The number of hydrogen-bond donors (Lipinski definition) is 0. The Morgan fingerprint density at radius 1 is 0.594 bits per heavy atom. The van der Waals surface area contributed by atoms with E-state index in [-0.39, 0.29) is 14.9 Å². The maximum Gasteiger partial charge on any atom is -0.0253 e. The maximum atomic E-state index is 5.13. The van der Waals surface area contributed by atoms with Crippen molar-refractivity contribution in [3.63, 3.8) is 0 Å². The average Bonchev–Trinajstić information content (AvgIpc) is 3.32. The molecule has 0 saturated carbocycles. The molecule has 0 aromatic heterocycles. The molecule has 0 unspecified atom stereocenters. The minimum Gasteiger partial charge on any atom is -0.358 e. The average molecular weight is 537 g/mol. The minimum absolute atomic E-state index is 0. The molecule has 32 heavy (non-hydrogen) atoms.